The van der Waals surface area contributed by atoms with E-state index in [4.69, 9.17) is 5.11 Å². The minimum absolute atomic E-state index is 0.0460. The molecule has 0 saturated heterocycles. The van der Waals surface area contributed by atoms with Gasteiger partial charge in [0.25, 0.3) is 0 Å². The molecule has 0 aromatic carbocycles. The summed E-state index contributed by atoms with van der Waals surface area (Å²) < 4.78 is 1.54. The van der Waals surface area contributed by atoms with Gasteiger partial charge in [-0.15, -0.1) is 5.10 Å². The SMILES string of the molecule is CC(C)(C)C(CC(=O)O)n1nnnc1-c1ccn[nH]1. The Bertz CT molecular complexity index is 554. The Morgan fingerprint density at radius 2 is 2.26 bits per heavy atom. The molecule has 0 aliphatic rings. The van der Waals surface area contributed by atoms with Crippen molar-refractivity contribution in [2.45, 2.75) is 33.2 Å². The molecule has 2 aromatic rings. The van der Waals surface area contributed by atoms with Gasteiger partial charge in [0.2, 0.25) is 0 Å². The van der Waals surface area contributed by atoms with Gasteiger partial charge in [0.1, 0.15) is 5.69 Å². The van der Waals surface area contributed by atoms with Gasteiger partial charge in [-0.1, -0.05) is 20.8 Å². The van der Waals surface area contributed by atoms with Crippen molar-refractivity contribution >= 4 is 5.97 Å². The number of nitrogens with zero attached hydrogens (tertiary/aromatic N) is 5. The van der Waals surface area contributed by atoms with E-state index in [1.165, 1.54) is 0 Å². The zero-order valence-corrected chi connectivity index (χ0v) is 11.0. The number of rotatable bonds is 4. The highest BCUT2D eigenvalue weighted by molar-refractivity contribution is 5.67. The van der Waals surface area contributed by atoms with Crippen LogP contribution < -0.4 is 0 Å². The van der Waals surface area contributed by atoms with Crippen molar-refractivity contribution in [3.05, 3.63) is 12.3 Å². The molecule has 8 heteroatoms. The van der Waals surface area contributed by atoms with E-state index in [-0.39, 0.29) is 17.9 Å². The number of aromatic amines is 1. The fourth-order valence-corrected chi connectivity index (χ4v) is 1.89. The third kappa shape index (κ3) is 2.78. The molecule has 0 bridgehead atoms. The Kier molecular flexibility index (Phi) is 3.32. The molecule has 1 atom stereocenters. The van der Waals surface area contributed by atoms with Gasteiger partial charge in [0.05, 0.1) is 12.5 Å². The maximum absolute atomic E-state index is 11.0. The van der Waals surface area contributed by atoms with Crippen LogP contribution in [0, 0.1) is 5.41 Å². The van der Waals surface area contributed by atoms with Crippen LogP contribution in [0.25, 0.3) is 11.5 Å². The Balaban J connectivity index is 2.43. The molecule has 102 valence electrons. The van der Waals surface area contributed by atoms with Gasteiger partial charge in [-0.2, -0.15) is 5.10 Å². The number of aliphatic carboxylic acids is 1. The first-order valence-electron chi connectivity index (χ1n) is 5.89. The minimum atomic E-state index is -0.883. The topological polar surface area (TPSA) is 110 Å². The second kappa shape index (κ2) is 4.79. The second-order valence-electron chi connectivity index (χ2n) is 5.40. The van der Waals surface area contributed by atoms with E-state index < -0.39 is 5.97 Å². The predicted octanol–water partition coefficient (Wildman–Crippen LogP) is 1.13. The number of tetrazole rings is 1. The van der Waals surface area contributed by atoms with Gasteiger partial charge in [-0.25, -0.2) is 4.68 Å². The molecule has 2 rings (SSSR count). The van der Waals surface area contributed by atoms with E-state index in [1.807, 2.05) is 20.8 Å². The van der Waals surface area contributed by atoms with Crippen LogP contribution in [0.15, 0.2) is 12.3 Å². The third-order valence-electron chi connectivity index (χ3n) is 2.90. The van der Waals surface area contributed by atoms with E-state index in [1.54, 1.807) is 16.9 Å². The summed E-state index contributed by atoms with van der Waals surface area (Å²) in [5.41, 5.74) is 0.368. The van der Waals surface area contributed by atoms with E-state index in [9.17, 15) is 4.79 Å². The van der Waals surface area contributed by atoms with E-state index in [0.717, 1.165) is 0 Å². The lowest BCUT2D eigenvalue weighted by atomic mass is 9.85. The second-order valence-corrected chi connectivity index (χ2v) is 5.40. The highest BCUT2D eigenvalue weighted by Gasteiger charge is 2.32. The number of aromatic nitrogens is 6. The monoisotopic (exact) mass is 264 g/mol. The first-order valence-corrected chi connectivity index (χ1v) is 5.89. The fraction of sp³-hybridized carbons (Fsp3) is 0.545. The van der Waals surface area contributed by atoms with Crippen molar-refractivity contribution in [1.29, 1.82) is 0 Å². The maximum Gasteiger partial charge on any atom is 0.305 e. The lowest BCUT2D eigenvalue weighted by Gasteiger charge is -2.29. The highest BCUT2D eigenvalue weighted by Crippen LogP contribution is 2.34. The van der Waals surface area contributed by atoms with E-state index >= 15 is 0 Å². The van der Waals surface area contributed by atoms with Crippen LogP contribution in [0.5, 0.6) is 0 Å². The van der Waals surface area contributed by atoms with Gasteiger partial charge in [-0.05, 0) is 21.9 Å². The van der Waals surface area contributed by atoms with Crippen molar-refractivity contribution in [3.63, 3.8) is 0 Å². The van der Waals surface area contributed by atoms with Crippen molar-refractivity contribution in [1.82, 2.24) is 30.4 Å². The maximum atomic E-state index is 11.0. The molecule has 8 nitrogen and oxygen atoms in total. The molecule has 0 fully saturated rings. The van der Waals surface area contributed by atoms with Crippen LogP contribution in [-0.2, 0) is 4.79 Å². The molecule has 2 N–H and O–H groups in total. The number of carboxylic acids is 1. The molecule has 0 amide bonds. The van der Waals surface area contributed by atoms with Crippen LogP contribution in [0.4, 0.5) is 0 Å². The van der Waals surface area contributed by atoms with E-state index in [2.05, 4.69) is 25.7 Å². The average Bonchev–Trinajstić information content (AvgIpc) is 2.94. The molecule has 19 heavy (non-hydrogen) atoms. The average molecular weight is 264 g/mol. The van der Waals surface area contributed by atoms with Gasteiger partial charge >= 0.3 is 5.97 Å². The lowest BCUT2D eigenvalue weighted by molar-refractivity contribution is -0.138. The van der Waals surface area contributed by atoms with Crippen LogP contribution >= 0.6 is 0 Å². The quantitative estimate of drug-likeness (QED) is 0.856. The predicted molar refractivity (Wildman–Crippen MR) is 66.1 cm³/mol. The summed E-state index contributed by atoms with van der Waals surface area (Å²) in [5.74, 6) is -0.398. The summed E-state index contributed by atoms with van der Waals surface area (Å²) >= 11 is 0. The molecule has 1 unspecified atom stereocenters. The van der Waals surface area contributed by atoms with Gasteiger partial charge in [0.15, 0.2) is 5.82 Å². The third-order valence-corrected chi connectivity index (χ3v) is 2.90. The summed E-state index contributed by atoms with van der Waals surface area (Å²) in [4.78, 5) is 11.0. The molecule has 0 spiro atoms. The summed E-state index contributed by atoms with van der Waals surface area (Å²) in [7, 11) is 0. The number of carbonyl (C=O) groups is 1. The number of H-pyrrole nitrogens is 1. The van der Waals surface area contributed by atoms with Crippen LogP contribution in [0.2, 0.25) is 0 Å². The molecular weight excluding hydrogens is 248 g/mol. The molecule has 0 aliphatic heterocycles. The Morgan fingerprint density at radius 3 is 2.79 bits per heavy atom. The first-order chi connectivity index (χ1) is 8.89. The summed E-state index contributed by atoms with van der Waals surface area (Å²) in [5, 5.41) is 27.2. The Hall–Kier alpha value is -2.25. The summed E-state index contributed by atoms with van der Waals surface area (Å²) in [6.07, 6.45) is 1.55. The van der Waals surface area contributed by atoms with Crippen LogP contribution in [0.3, 0.4) is 0 Å². The molecule has 0 aliphatic carbocycles. The van der Waals surface area contributed by atoms with Gasteiger partial charge in [-0.3, -0.25) is 9.89 Å². The number of hydrogen-bond acceptors (Lipinski definition) is 5. The first kappa shape index (κ1) is 13.2. The van der Waals surface area contributed by atoms with Crippen LogP contribution in [-0.4, -0.2) is 41.5 Å². The molecule has 0 saturated carbocycles. The van der Waals surface area contributed by atoms with Crippen molar-refractivity contribution in [3.8, 4) is 11.5 Å². The van der Waals surface area contributed by atoms with Crippen molar-refractivity contribution in [2.75, 3.05) is 0 Å². The van der Waals surface area contributed by atoms with Crippen molar-refractivity contribution in [2.24, 2.45) is 5.41 Å². The fourth-order valence-electron chi connectivity index (χ4n) is 1.89. The van der Waals surface area contributed by atoms with Crippen LogP contribution in [0.1, 0.15) is 33.2 Å². The summed E-state index contributed by atoms with van der Waals surface area (Å²) in [6, 6.07) is 1.39. The molecular formula is C11H16N6O2. The van der Waals surface area contributed by atoms with Gasteiger partial charge < -0.3 is 5.11 Å². The van der Waals surface area contributed by atoms with Crippen molar-refractivity contribution < 1.29 is 9.90 Å². The highest BCUT2D eigenvalue weighted by atomic mass is 16.4. The molecule has 2 heterocycles. The molecule has 2 aromatic heterocycles. The zero-order valence-electron chi connectivity index (χ0n) is 11.0. The number of nitrogens with one attached hydrogen (secondary N) is 1. The number of hydrogen-bond donors (Lipinski definition) is 2. The number of carboxylic acid groups (broad SMARTS) is 1. The molecule has 0 radical (unpaired) electrons. The normalized spacial score (nSPS) is 13.4. The standard InChI is InChI=1S/C11H16N6O2/c1-11(2,3)8(6-9(18)19)17-10(14-15-16-17)7-4-5-12-13-7/h4-5,8H,6H2,1-3H3,(H,12,13)(H,18,19). The minimum Gasteiger partial charge on any atom is -0.481 e. The zero-order chi connectivity index (χ0) is 14.0. The Labute approximate surface area is 109 Å². The largest absolute Gasteiger partial charge is 0.481 e. The Morgan fingerprint density at radius 1 is 1.53 bits per heavy atom. The smallest absolute Gasteiger partial charge is 0.305 e. The van der Waals surface area contributed by atoms with Gasteiger partial charge in [0, 0.05) is 6.20 Å². The summed E-state index contributed by atoms with van der Waals surface area (Å²) in [6.45, 7) is 5.87. The van der Waals surface area contributed by atoms with E-state index in [0.29, 0.717) is 11.5 Å². The lowest BCUT2D eigenvalue weighted by Crippen LogP contribution is -2.28.